The van der Waals surface area contributed by atoms with E-state index in [1.165, 1.54) is 24.8 Å². The molecule has 0 aromatic carbocycles. The summed E-state index contributed by atoms with van der Waals surface area (Å²) in [6.07, 6.45) is -0.382. The molecule has 0 aromatic rings. The van der Waals surface area contributed by atoms with Crippen LogP contribution in [0.25, 0.3) is 0 Å². The highest BCUT2D eigenvalue weighted by molar-refractivity contribution is 5.26. The van der Waals surface area contributed by atoms with Crippen LogP contribution < -0.4 is 0 Å². The van der Waals surface area contributed by atoms with Crippen molar-refractivity contribution in [3.05, 3.63) is 11.6 Å². The maximum atomic E-state index is 10.8. The summed E-state index contributed by atoms with van der Waals surface area (Å²) in [5.41, 5.74) is 1.75. The van der Waals surface area contributed by atoms with Gasteiger partial charge in [-0.25, -0.2) is 0 Å². The lowest BCUT2D eigenvalue weighted by Crippen LogP contribution is -2.61. The van der Waals surface area contributed by atoms with E-state index in [1.54, 1.807) is 0 Å². The van der Waals surface area contributed by atoms with Gasteiger partial charge in [0.2, 0.25) is 0 Å². The van der Waals surface area contributed by atoms with Crippen LogP contribution in [0.5, 0.6) is 0 Å². The number of ether oxygens (including phenoxy) is 6. The van der Waals surface area contributed by atoms with Crippen molar-refractivity contribution < 1.29 is 59.1 Å². The van der Waals surface area contributed by atoms with Crippen molar-refractivity contribution in [2.75, 3.05) is 19.8 Å². The smallest absolute Gasteiger partial charge is 0.186 e. The Bertz CT molecular complexity index is 1270. The fourth-order valence-electron chi connectivity index (χ4n) is 12.2. The monoisotopic (exact) mass is 708 g/mol. The number of rotatable bonds is 5. The van der Waals surface area contributed by atoms with Gasteiger partial charge in [0.25, 0.3) is 0 Å². The summed E-state index contributed by atoms with van der Waals surface area (Å²) in [5.74, 6) is 3.00. The first-order valence-corrected chi connectivity index (χ1v) is 19.4. The Labute approximate surface area is 295 Å². The quantitative estimate of drug-likeness (QED) is 0.230. The topological polar surface area (TPSA) is 177 Å². The number of hydrogen-bond donors (Lipinski definition) is 6. The van der Waals surface area contributed by atoms with E-state index in [0.717, 1.165) is 45.1 Å². The minimum atomic E-state index is -1.53. The Balaban J connectivity index is 0.910. The van der Waals surface area contributed by atoms with E-state index in [1.807, 2.05) is 0 Å². The van der Waals surface area contributed by atoms with Crippen molar-refractivity contribution in [3.63, 3.8) is 0 Å². The van der Waals surface area contributed by atoms with Crippen LogP contribution in [-0.2, 0) is 28.4 Å². The van der Waals surface area contributed by atoms with Crippen molar-refractivity contribution in [2.24, 2.45) is 46.3 Å². The Morgan fingerprint density at radius 3 is 2.38 bits per heavy atom. The van der Waals surface area contributed by atoms with E-state index in [4.69, 9.17) is 28.4 Å². The van der Waals surface area contributed by atoms with Gasteiger partial charge in [0, 0.05) is 12.3 Å². The molecule has 4 aliphatic carbocycles. The third kappa shape index (κ3) is 5.70. The molecule has 284 valence electrons. The van der Waals surface area contributed by atoms with Gasteiger partial charge in [-0.2, -0.15) is 0 Å². The Hall–Kier alpha value is -0.740. The van der Waals surface area contributed by atoms with E-state index >= 15 is 0 Å². The lowest BCUT2D eigenvalue weighted by molar-refractivity contribution is -0.328. The molecule has 50 heavy (non-hydrogen) atoms. The maximum absolute atomic E-state index is 10.8. The predicted octanol–water partition coefficient (Wildman–Crippen LogP) is 2.00. The van der Waals surface area contributed by atoms with Crippen molar-refractivity contribution >= 4 is 0 Å². The van der Waals surface area contributed by atoms with Crippen LogP contribution in [-0.4, -0.2) is 124 Å². The molecular formula is C38H60O12. The third-order valence-corrected chi connectivity index (χ3v) is 15.2. The van der Waals surface area contributed by atoms with Gasteiger partial charge >= 0.3 is 0 Å². The van der Waals surface area contributed by atoms with E-state index < -0.39 is 61.1 Å². The average Bonchev–Trinajstić information content (AvgIpc) is 3.54. The molecule has 8 rings (SSSR count). The SMILES string of the molecule is C[C@@H]1CC[C@@]2(OC1)O[C@H]1C[C@H]3[C@@H]4CC=C5C[C@@H](O[C@H]6O[C@H](CO[C@H]7OC[C@H](O)[C@@H](O)[C@@H]7O)[C@@H](O)[C@H](O)[C@H]6O)CC[C@]5(C)[C@H]4CC[C@]3(C)[C@H]1[C@@H]2C. The van der Waals surface area contributed by atoms with Crippen molar-refractivity contribution in [2.45, 2.75) is 159 Å². The molecule has 0 aromatic heterocycles. The Kier molecular flexibility index (Phi) is 9.59. The second-order valence-corrected chi connectivity index (χ2v) is 17.9. The lowest BCUT2D eigenvalue weighted by atomic mass is 9.47. The molecule has 4 aliphatic heterocycles. The standard InChI is InChI=1S/C38H60O12/c1-18-7-12-38(47-15-18)19(2)28-26(50-38)14-24-22-6-5-20-13-21(8-10-36(20,3)23(22)9-11-37(24,28)4)48-35-33(44)31(42)30(41)27(49-35)17-46-34-32(43)29(40)25(39)16-45-34/h5,18-19,21-35,39-44H,6-17H2,1-4H3/t18-,19+,21+,22-,23+,24+,25+,26+,27-,28+,29-,30-,31+,32+,33-,34-,35+,36+,37+,38-/m1/s1. The van der Waals surface area contributed by atoms with E-state index in [0.29, 0.717) is 35.5 Å². The van der Waals surface area contributed by atoms with E-state index in [9.17, 15) is 30.6 Å². The summed E-state index contributed by atoms with van der Waals surface area (Å²) in [7, 11) is 0. The molecule has 0 unspecified atom stereocenters. The summed E-state index contributed by atoms with van der Waals surface area (Å²) in [4.78, 5) is 0. The van der Waals surface area contributed by atoms with Crippen LogP contribution >= 0.6 is 0 Å². The van der Waals surface area contributed by atoms with Crippen LogP contribution in [0.1, 0.15) is 85.5 Å². The second-order valence-electron chi connectivity index (χ2n) is 17.9. The van der Waals surface area contributed by atoms with Crippen LogP contribution in [0.15, 0.2) is 11.6 Å². The van der Waals surface area contributed by atoms with Crippen LogP contribution in [0.3, 0.4) is 0 Å². The molecule has 0 bridgehead atoms. The van der Waals surface area contributed by atoms with Gasteiger partial charge in [-0.3, -0.25) is 0 Å². The van der Waals surface area contributed by atoms with Gasteiger partial charge in [-0.1, -0.05) is 39.3 Å². The number of aliphatic hydroxyl groups is 6. The summed E-state index contributed by atoms with van der Waals surface area (Å²) in [5, 5.41) is 62.1. The molecule has 8 aliphatic rings. The third-order valence-electron chi connectivity index (χ3n) is 15.2. The van der Waals surface area contributed by atoms with Crippen LogP contribution in [0, 0.1) is 46.3 Å². The first-order valence-electron chi connectivity index (χ1n) is 19.4. The lowest BCUT2D eigenvalue weighted by Gasteiger charge is -2.58. The van der Waals surface area contributed by atoms with Gasteiger partial charge in [-0.15, -0.1) is 0 Å². The zero-order valence-electron chi connectivity index (χ0n) is 30.0. The number of fused-ring (bicyclic) bond motifs is 7. The molecule has 0 amide bonds. The predicted molar refractivity (Wildman–Crippen MR) is 177 cm³/mol. The highest BCUT2D eigenvalue weighted by Gasteiger charge is 2.68. The normalized spacial score (nSPS) is 57.8. The van der Waals surface area contributed by atoms with Crippen molar-refractivity contribution in [3.8, 4) is 0 Å². The zero-order valence-corrected chi connectivity index (χ0v) is 30.0. The van der Waals surface area contributed by atoms with Gasteiger partial charge in [0.05, 0.1) is 32.0 Å². The van der Waals surface area contributed by atoms with Crippen molar-refractivity contribution in [1.29, 1.82) is 0 Å². The number of allylic oxidation sites excluding steroid dienone is 1. The van der Waals surface area contributed by atoms with Crippen LogP contribution in [0.4, 0.5) is 0 Å². The largest absolute Gasteiger partial charge is 0.388 e. The van der Waals surface area contributed by atoms with E-state index in [2.05, 4.69) is 33.8 Å². The van der Waals surface area contributed by atoms with Gasteiger partial charge in [0.1, 0.15) is 42.7 Å². The molecule has 12 nitrogen and oxygen atoms in total. The number of aliphatic hydroxyl groups excluding tert-OH is 6. The van der Waals surface area contributed by atoms with Gasteiger partial charge in [-0.05, 0) is 91.8 Å². The Morgan fingerprint density at radius 2 is 1.62 bits per heavy atom. The summed E-state index contributed by atoms with van der Waals surface area (Å²) >= 11 is 0. The molecule has 7 fully saturated rings. The van der Waals surface area contributed by atoms with Gasteiger partial charge < -0.3 is 59.1 Å². The zero-order chi connectivity index (χ0) is 35.3. The average molecular weight is 709 g/mol. The van der Waals surface area contributed by atoms with Gasteiger partial charge in [0.15, 0.2) is 18.4 Å². The highest BCUT2D eigenvalue weighted by atomic mass is 16.7. The van der Waals surface area contributed by atoms with E-state index in [-0.39, 0.29) is 36.3 Å². The molecular weight excluding hydrogens is 648 g/mol. The highest BCUT2D eigenvalue weighted by Crippen LogP contribution is 2.70. The second kappa shape index (κ2) is 13.2. The molecule has 6 N–H and O–H groups in total. The van der Waals surface area contributed by atoms with Crippen LogP contribution in [0.2, 0.25) is 0 Å². The molecule has 4 heterocycles. The fourth-order valence-corrected chi connectivity index (χ4v) is 12.2. The minimum absolute atomic E-state index is 0.0786. The summed E-state index contributed by atoms with van der Waals surface area (Å²) in [6.45, 7) is 9.95. The summed E-state index contributed by atoms with van der Waals surface area (Å²) in [6, 6.07) is 0. The first kappa shape index (κ1) is 36.2. The molecule has 4 saturated heterocycles. The number of hydrogen-bond acceptors (Lipinski definition) is 12. The maximum Gasteiger partial charge on any atom is 0.186 e. The van der Waals surface area contributed by atoms with Crippen molar-refractivity contribution in [1.82, 2.24) is 0 Å². The first-order chi connectivity index (χ1) is 23.8. The fraction of sp³-hybridized carbons (Fsp3) is 0.947. The molecule has 12 heteroatoms. The minimum Gasteiger partial charge on any atom is -0.388 e. The molecule has 0 radical (unpaired) electrons. The molecule has 3 saturated carbocycles. The molecule has 1 spiro atoms. The molecule has 20 atom stereocenters. The summed E-state index contributed by atoms with van der Waals surface area (Å²) < 4.78 is 36.7. The Morgan fingerprint density at radius 1 is 0.840 bits per heavy atom.